The summed E-state index contributed by atoms with van der Waals surface area (Å²) >= 11 is 0. The summed E-state index contributed by atoms with van der Waals surface area (Å²) < 4.78 is 11.1. The van der Waals surface area contributed by atoms with Crippen LogP contribution in [0.4, 0.5) is 0 Å². The van der Waals surface area contributed by atoms with Gasteiger partial charge in [-0.1, -0.05) is 24.6 Å². The van der Waals surface area contributed by atoms with E-state index in [1.807, 2.05) is 30.3 Å². The Morgan fingerprint density at radius 1 is 1.29 bits per heavy atom. The lowest BCUT2D eigenvalue weighted by molar-refractivity contribution is 0.0662. The molecule has 0 radical (unpaired) electrons. The van der Waals surface area contributed by atoms with Gasteiger partial charge < -0.3 is 19.2 Å². The Hall–Kier alpha value is -2.27. The second kappa shape index (κ2) is 7.53. The van der Waals surface area contributed by atoms with Crippen LogP contribution in [0, 0.1) is 5.92 Å². The second-order valence-electron chi connectivity index (χ2n) is 6.32. The number of hydrogen-bond donors (Lipinski definition) is 1. The molecule has 3 rings (SSSR count). The topological polar surface area (TPSA) is 62.9 Å². The van der Waals surface area contributed by atoms with E-state index in [1.54, 1.807) is 18.0 Å². The highest BCUT2D eigenvalue weighted by molar-refractivity contribution is 5.92. The van der Waals surface area contributed by atoms with Crippen LogP contribution in [0.2, 0.25) is 0 Å². The Bertz CT molecular complexity index is 667. The van der Waals surface area contributed by atoms with Gasteiger partial charge in [0.25, 0.3) is 5.91 Å². The van der Waals surface area contributed by atoms with E-state index in [9.17, 15) is 9.90 Å². The van der Waals surface area contributed by atoms with Crippen molar-refractivity contribution in [3.8, 4) is 5.75 Å². The lowest BCUT2D eigenvalue weighted by atomic mass is 10.1. The number of amides is 1. The van der Waals surface area contributed by atoms with Gasteiger partial charge in [-0.25, -0.2) is 0 Å². The molecule has 5 nitrogen and oxygen atoms in total. The molecule has 0 spiro atoms. The van der Waals surface area contributed by atoms with Crippen molar-refractivity contribution in [2.75, 3.05) is 13.6 Å². The van der Waals surface area contributed by atoms with E-state index in [2.05, 4.69) is 0 Å². The van der Waals surface area contributed by atoms with Crippen molar-refractivity contribution < 1.29 is 19.1 Å². The fourth-order valence-corrected chi connectivity index (χ4v) is 3.15. The molecule has 128 valence electrons. The lowest BCUT2D eigenvalue weighted by Gasteiger charge is -2.22. The summed E-state index contributed by atoms with van der Waals surface area (Å²) in [6.07, 6.45) is 4.00. The highest BCUT2D eigenvalue weighted by atomic mass is 16.5. The maximum Gasteiger partial charge on any atom is 0.289 e. The Kier molecular flexibility index (Phi) is 5.20. The molecule has 1 N–H and O–H groups in total. The third-order valence-electron chi connectivity index (χ3n) is 4.55. The number of carbonyl (C=O) groups excluding carboxylic acids is 1. The molecule has 1 fully saturated rings. The zero-order valence-electron chi connectivity index (χ0n) is 13.9. The Labute approximate surface area is 141 Å². The number of furan rings is 1. The predicted molar refractivity (Wildman–Crippen MR) is 89.8 cm³/mol. The van der Waals surface area contributed by atoms with Crippen LogP contribution < -0.4 is 4.74 Å². The van der Waals surface area contributed by atoms with E-state index < -0.39 is 0 Å². The van der Waals surface area contributed by atoms with Gasteiger partial charge in [-0.2, -0.15) is 0 Å². The number of aliphatic hydroxyl groups excluding tert-OH is 1. The molecule has 2 unspecified atom stereocenters. The predicted octanol–water partition coefficient (Wildman–Crippen LogP) is 3.09. The van der Waals surface area contributed by atoms with Gasteiger partial charge in [-0.05, 0) is 31.0 Å². The summed E-state index contributed by atoms with van der Waals surface area (Å²) in [6.45, 7) is 0.821. The molecule has 0 saturated heterocycles. The molecule has 2 atom stereocenters. The van der Waals surface area contributed by atoms with E-state index in [-0.39, 0.29) is 24.5 Å². The normalized spacial score (nSPS) is 20.1. The summed E-state index contributed by atoms with van der Waals surface area (Å²) in [4.78, 5) is 14.3. The van der Waals surface area contributed by atoms with Gasteiger partial charge in [-0.3, -0.25) is 4.79 Å². The van der Waals surface area contributed by atoms with Crippen molar-refractivity contribution in [1.29, 1.82) is 0 Å². The van der Waals surface area contributed by atoms with Gasteiger partial charge in [0.05, 0.1) is 12.4 Å². The number of para-hydroxylation sites is 1. The Balaban J connectivity index is 1.62. The van der Waals surface area contributed by atoms with Crippen LogP contribution in [0.5, 0.6) is 5.75 Å². The summed E-state index contributed by atoms with van der Waals surface area (Å²) in [5.74, 6) is 1.03. The van der Waals surface area contributed by atoms with Crippen molar-refractivity contribution in [3.05, 3.63) is 54.0 Å². The van der Waals surface area contributed by atoms with Crippen molar-refractivity contribution >= 4 is 5.91 Å². The van der Waals surface area contributed by atoms with Crippen LogP contribution in [0.3, 0.4) is 0 Å². The molecule has 1 aliphatic carbocycles. The van der Waals surface area contributed by atoms with Crippen LogP contribution in [0.25, 0.3) is 0 Å². The second-order valence-corrected chi connectivity index (χ2v) is 6.32. The molecule has 1 aromatic heterocycles. The first-order valence-corrected chi connectivity index (χ1v) is 8.33. The maximum absolute atomic E-state index is 12.6. The Morgan fingerprint density at radius 3 is 2.79 bits per heavy atom. The minimum atomic E-state index is -0.308. The minimum Gasteiger partial charge on any atom is -0.489 e. The molecule has 1 heterocycles. The molecule has 0 aliphatic heterocycles. The standard InChI is InChI=1S/C19H23NO4/c1-20(12-14-6-5-9-17(14)21)19(22)18-15(10-11-23-18)13-24-16-7-3-2-4-8-16/h2-4,7-8,10-11,14,17,21H,5-6,9,12-13H2,1H3. The SMILES string of the molecule is CN(CC1CCCC1O)C(=O)c1occc1COc1ccccc1. The van der Waals surface area contributed by atoms with E-state index >= 15 is 0 Å². The molecular weight excluding hydrogens is 306 g/mol. The first-order chi connectivity index (χ1) is 11.6. The molecule has 0 bridgehead atoms. The van der Waals surface area contributed by atoms with Gasteiger partial charge in [0.15, 0.2) is 5.76 Å². The van der Waals surface area contributed by atoms with Crippen molar-refractivity contribution in [1.82, 2.24) is 4.90 Å². The van der Waals surface area contributed by atoms with Crippen molar-refractivity contribution in [2.45, 2.75) is 32.0 Å². The molecular formula is C19H23NO4. The number of carbonyl (C=O) groups is 1. The van der Waals surface area contributed by atoms with Gasteiger partial charge in [0.1, 0.15) is 12.4 Å². The third-order valence-corrected chi connectivity index (χ3v) is 4.55. The quantitative estimate of drug-likeness (QED) is 0.884. The number of rotatable bonds is 6. The van der Waals surface area contributed by atoms with Crippen molar-refractivity contribution in [2.24, 2.45) is 5.92 Å². The van der Waals surface area contributed by atoms with Crippen LogP contribution >= 0.6 is 0 Å². The monoisotopic (exact) mass is 329 g/mol. The smallest absolute Gasteiger partial charge is 0.289 e. The molecule has 1 amide bonds. The van der Waals surface area contributed by atoms with E-state index in [4.69, 9.17) is 9.15 Å². The van der Waals surface area contributed by atoms with Crippen LogP contribution in [0.15, 0.2) is 47.1 Å². The van der Waals surface area contributed by atoms with Gasteiger partial charge in [0.2, 0.25) is 0 Å². The van der Waals surface area contributed by atoms with Crippen LogP contribution in [-0.4, -0.2) is 35.6 Å². The van der Waals surface area contributed by atoms with Crippen LogP contribution in [-0.2, 0) is 6.61 Å². The average Bonchev–Trinajstić information content (AvgIpc) is 3.22. The first-order valence-electron chi connectivity index (χ1n) is 8.33. The van der Waals surface area contributed by atoms with Gasteiger partial charge in [-0.15, -0.1) is 0 Å². The summed E-state index contributed by atoms with van der Waals surface area (Å²) in [5.41, 5.74) is 0.725. The molecule has 1 saturated carbocycles. The summed E-state index contributed by atoms with van der Waals surface area (Å²) in [7, 11) is 1.75. The number of nitrogens with zero attached hydrogens (tertiary/aromatic N) is 1. The fourth-order valence-electron chi connectivity index (χ4n) is 3.15. The third kappa shape index (κ3) is 3.79. The van der Waals surface area contributed by atoms with Gasteiger partial charge in [0, 0.05) is 25.1 Å². The summed E-state index contributed by atoms with van der Waals surface area (Å²) in [6, 6.07) is 11.2. The molecule has 1 aromatic carbocycles. The summed E-state index contributed by atoms with van der Waals surface area (Å²) in [5, 5.41) is 9.93. The number of aliphatic hydroxyl groups is 1. The zero-order valence-corrected chi connectivity index (χ0v) is 13.9. The number of benzene rings is 1. The number of hydrogen-bond acceptors (Lipinski definition) is 4. The zero-order chi connectivity index (χ0) is 16.9. The molecule has 1 aliphatic rings. The van der Waals surface area contributed by atoms with Crippen LogP contribution in [0.1, 0.15) is 35.4 Å². The van der Waals surface area contributed by atoms with Gasteiger partial charge >= 0.3 is 0 Å². The minimum absolute atomic E-state index is 0.151. The Morgan fingerprint density at radius 2 is 2.08 bits per heavy atom. The van der Waals surface area contributed by atoms with E-state index in [0.29, 0.717) is 12.3 Å². The number of ether oxygens (including phenoxy) is 1. The molecule has 5 heteroatoms. The largest absolute Gasteiger partial charge is 0.489 e. The van der Waals surface area contributed by atoms with Crippen molar-refractivity contribution in [3.63, 3.8) is 0 Å². The molecule has 2 aromatic rings. The highest BCUT2D eigenvalue weighted by Gasteiger charge is 2.29. The highest BCUT2D eigenvalue weighted by Crippen LogP contribution is 2.26. The fraction of sp³-hybridized carbons (Fsp3) is 0.421. The lowest BCUT2D eigenvalue weighted by Crippen LogP contribution is -2.34. The molecule has 24 heavy (non-hydrogen) atoms. The van der Waals surface area contributed by atoms with E-state index in [0.717, 1.165) is 30.6 Å². The maximum atomic E-state index is 12.6. The first kappa shape index (κ1) is 16.6. The van der Waals surface area contributed by atoms with E-state index in [1.165, 1.54) is 6.26 Å². The average molecular weight is 329 g/mol.